The summed E-state index contributed by atoms with van der Waals surface area (Å²) >= 11 is 0. The number of rotatable bonds is 10. The molecule has 114 valence electrons. The van der Waals surface area contributed by atoms with Crippen LogP contribution in [0.25, 0.3) is 0 Å². The van der Waals surface area contributed by atoms with E-state index in [1.165, 1.54) is 90.3 Å². The van der Waals surface area contributed by atoms with Crippen molar-refractivity contribution >= 4 is 0 Å². The molecule has 1 N–H and O–H groups in total. The lowest BCUT2D eigenvalue weighted by Crippen LogP contribution is -2.33. The summed E-state index contributed by atoms with van der Waals surface area (Å²) in [7, 11) is 2.33. The second-order valence-corrected chi connectivity index (χ2v) is 6.29. The third kappa shape index (κ3) is 8.65. The Hall–Kier alpha value is -0.0800. The summed E-state index contributed by atoms with van der Waals surface area (Å²) in [5.41, 5.74) is 0. The Morgan fingerprint density at radius 3 is 2.32 bits per heavy atom. The SMILES string of the molecule is CCCCCCCCCCN(C)C1CCCNCC1. The first kappa shape index (κ1) is 17.0. The van der Waals surface area contributed by atoms with Crippen LogP contribution in [0, 0.1) is 0 Å². The van der Waals surface area contributed by atoms with Gasteiger partial charge in [0.15, 0.2) is 0 Å². The summed E-state index contributed by atoms with van der Waals surface area (Å²) < 4.78 is 0. The second kappa shape index (κ2) is 11.7. The van der Waals surface area contributed by atoms with E-state index in [-0.39, 0.29) is 0 Å². The van der Waals surface area contributed by atoms with Crippen molar-refractivity contribution < 1.29 is 0 Å². The molecule has 2 heteroatoms. The van der Waals surface area contributed by atoms with Gasteiger partial charge in [-0.25, -0.2) is 0 Å². The minimum absolute atomic E-state index is 0.833. The molecule has 1 aliphatic rings. The maximum Gasteiger partial charge on any atom is 0.0105 e. The number of unbranched alkanes of at least 4 members (excludes halogenated alkanes) is 7. The molecule has 0 aromatic rings. The summed E-state index contributed by atoms with van der Waals surface area (Å²) in [4.78, 5) is 2.62. The summed E-state index contributed by atoms with van der Waals surface area (Å²) in [6, 6.07) is 0.833. The largest absolute Gasteiger partial charge is 0.317 e. The fourth-order valence-corrected chi connectivity index (χ4v) is 3.12. The zero-order chi connectivity index (χ0) is 13.8. The molecule has 0 aliphatic carbocycles. The van der Waals surface area contributed by atoms with Crippen LogP contribution in [0.15, 0.2) is 0 Å². The molecule has 2 nitrogen and oxygen atoms in total. The first-order valence-corrected chi connectivity index (χ1v) is 8.75. The van der Waals surface area contributed by atoms with Gasteiger partial charge in [-0.15, -0.1) is 0 Å². The maximum atomic E-state index is 3.51. The molecule has 0 aromatic carbocycles. The van der Waals surface area contributed by atoms with Gasteiger partial charge in [0.2, 0.25) is 0 Å². The normalized spacial score (nSPS) is 20.7. The predicted octanol–water partition coefficient (Wildman–Crippen LogP) is 4.20. The lowest BCUT2D eigenvalue weighted by molar-refractivity contribution is 0.220. The van der Waals surface area contributed by atoms with E-state index < -0.39 is 0 Å². The molecule has 1 heterocycles. The van der Waals surface area contributed by atoms with E-state index in [1.54, 1.807) is 0 Å². The molecule has 1 aliphatic heterocycles. The van der Waals surface area contributed by atoms with Gasteiger partial charge in [0, 0.05) is 6.04 Å². The lowest BCUT2D eigenvalue weighted by Gasteiger charge is -2.26. The Bertz CT molecular complexity index is 186. The standard InChI is InChI=1S/C17H36N2/c1-3-4-5-6-7-8-9-10-16-19(2)17-12-11-14-18-15-13-17/h17-18H,3-16H2,1-2H3. The van der Waals surface area contributed by atoms with Gasteiger partial charge in [0.1, 0.15) is 0 Å². The fourth-order valence-electron chi connectivity index (χ4n) is 3.12. The van der Waals surface area contributed by atoms with Gasteiger partial charge in [-0.05, 0) is 52.4 Å². The van der Waals surface area contributed by atoms with Gasteiger partial charge in [-0.3, -0.25) is 0 Å². The monoisotopic (exact) mass is 268 g/mol. The van der Waals surface area contributed by atoms with Gasteiger partial charge in [-0.2, -0.15) is 0 Å². The van der Waals surface area contributed by atoms with E-state index >= 15 is 0 Å². The zero-order valence-electron chi connectivity index (χ0n) is 13.4. The lowest BCUT2D eigenvalue weighted by atomic mass is 10.1. The van der Waals surface area contributed by atoms with Gasteiger partial charge in [0.25, 0.3) is 0 Å². The van der Waals surface area contributed by atoms with Crippen molar-refractivity contribution in [3.8, 4) is 0 Å². The molecule has 19 heavy (non-hydrogen) atoms. The number of nitrogens with one attached hydrogen (secondary N) is 1. The van der Waals surface area contributed by atoms with Crippen LogP contribution in [0.5, 0.6) is 0 Å². The Labute approximate surface area is 121 Å². The highest BCUT2D eigenvalue weighted by Crippen LogP contribution is 2.13. The highest BCUT2D eigenvalue weighted by atomic mass is 15.1. The summed E-state index contributed by atoms with van der Waals surface area (Å²) in [5, 5.41) is 3.51. The van der Waals surface area contributed by atoms with E-state index in [4.69, 9.17) is 0 Å². The van der Waals surface area contributed by atoms with Crippen LogP contribution < -0.4 is 5.32 Å². The van der Waals surface area contributed by atoms with Gasteiger partial charge < -0.3 is 10.2 Å². The molecule has 0 aromatic heterocycles. The summed E-state index contributed by atoms with van der Waals surface area (Å²) in [6.45, 7) is 6.03. The topological polar surface area (TPSA) is 15.3 Å². The molecule has 0 amide bonds. The Kier molecular flexibility index (Phi) is 10.5. The van der Waals surface area contributed by atoms with Gasteiger partial charge >= 0.3 is 0 Å². The van der Waals surface area contributed by atoms with Crippen molar-refractivity contribution in [1.82, 2.24) is 10.2 Å². The maximum absolute atomic E-state index is 3.51. The Balaban J connectivity index is 1.93. The molecular formula is C17H36N2. The molecule has 0 saturated carbocycles. The van der Waals surface area contributed by atoms with Gasteiger partial charge in [0.05, 0.1) is 0 Å². The number of hydrogen-bond acceptors (Lipinski definition) is 2. The van der Waals surface area contributed by atoms with E-state index in [2.05, 4.69) is 24.2 Å². The molecule has 0 bridgehead atoms. The van der Waals surface area contributed by atoms with E-state index in [1.807, 2.05) is 0 Å². The van der Waals surface area contributed by atoms with Crippen molar-refractivity contribution in [2.75, 3.05) is 26.7 Å². The van der Waals surface area contributed by atoms with Crippen LogP contribution in [-0.2, 0) is 0 Å². The first-order valence-electron chi connectivity index (χ1n) is 8.75. The molecule has 1 saturated heterocycles. The van der Waals surface area contributed by atoms with Crippen molar-refractivity contribution in [3.63, 3.8) is 0 Å². The average Bonchev–Trinajstić information content (AvgIpc) is 2.70. The summed E-state index contributed by atoms with van der Waals surface area (Å²) in [6.07, 6.45) is 15.5. The smallest absolute Gasteiger partial charge is 0.0105 e. The molecule has 1 rings (SSSR count). The molecule has 1 atom stereocenters. The van der Waals surface area contributed by atoms with Crippen molar-refractivity contribution in [1.29, 1.82) is 0 Å². The van der Waals surface area contributed by atoms with Crippen LogP contribution in [0.4, 0.5) is 0 Å². The molecule has 1 unspecified atom stereocenters. The third-order valence-corrected chi connectivity index (χ3v) is 4.53. The van der Waals surface area contributed by atoms with E-state index in [0.29, 0.717) is 0 Å². The van der Waals surface area contributed by atoms with E-state index in [9.17, 15) is 0 Å². The highest BCUT2D eigenvalue weighted by molar-refractivity contribution is 4.73. The van der Waals surface area contributed by atoms with Crippen molar-refractivity contribution in [2.45, 2.75) is 83.6 Å². The molecular weight excluding hydrogens is 232 g/mol. The molecule has 0 spiro atoms. The average molecular weight is 268 g/mol. The minimum Gasteiger partial charge on any atom is -0.317 e. The number of nitrogens with zero attached hydrogens (tertiary/aromatic N) is 1. The van der Waals surface area contributed by atoms with Crippen molar-refractivity contribution in [3.05, 3.63) is 0 Å². The van der Waals surface area contributed by atoms with Gasteiger partial charge in [-0.1, -0.05) is 51.9 Å². The Morgan fingerprint density at radius 2 is 1.58 bits per heavy atom. The highest BCUT2D eigenvalue weighted by Gasteiger charge is 2.15. The van der Waals surface area contributed by atoms with Crippen LogP contribution in [0.1, 0.15) is 77.6 Å². The number of hydrogen-bond donors (Lipinski definition) is 1. The van der Waals surface area contributed by atoms with Crippen LogP contribution in [0.3, 0.4) is 0 Å². The summed E-state index contributed by atoms with van der Waals surface area (Å²) in [5.74, 6) is 0. The van der Waals surface area contributed by atoms with Crippen LogP contribution in [-0.4, -0.2) is 37.6 Å². The van der Waals surface area contributed by atoms with E-state index in [0.717, 1.165) is 6.04 Å². The Morgan fingerprint density at radius 1 is 0.895 bits per heavy atom. The minimum atomic E-state index is 0.833. The third-order valence-electron chi connectivity index (χ3n) is 4.53. The fraction of sp³-hybridized carbons (Fsp3) is 1.00. The van der Waals surface area contributed by atoms with Crippen molar-refractivity contribution in [2.24, 2.45) is 0 Å². The van der Waals surface area contributed by atoms with Crippen LogP contribution >= 0.6 is 0 Å². The zero-order valence-corrected chi connectivity index (χ0v) is 13.4. The van der Waals surface area contributed by atoms with Crippen LogP contribution in [0.2, 0.25) is 0 Å². The predicted molar refractivity (Wildman–Crippen MR) is 85.7 cm³/mol. The first-order chi connectivity index (χ1) is 9.34. The second-order valence-electron chi connectivity index (χ2n) is 6.29. The molecule has 0 radical (unpaired) electrons. The quantitative estimate of drug-likeness (QED) is 0.597. The molecule has 1 fully saturated rings.